The van der Waals surface area contributed by atoms with Crippen LogP contribution in [0.4, 0.5) is 5.69 Å². The Hall–Kier alpha value is -2.37. The first-order chi connectivity index (χ1) is 9.54. The molecule has 0 bridgehead atoms. The van der Waals surface area contributed by atoms with Crippen LogP contribution < -0.4 is 5.73 Å². The molecule has 2 N–H and O–H groups in total. The highest BCUT2D eigenvalue weighted by Crippen LogP contribution is 2.24. The van der Waals surface area contributed by atoms with Crippen molar-refractivity contribution in [1.29, 1.82) is 0 Å². The predicted octanol–water partition coefficient (Wildman–Crippen LogP) is 1.92. The van der Waals surface area contributed by atoms with Crippen LogP contribution >= 0.6 is 0 Å². The average Bonchev–Trinajstić information content (AvgIpc) is 2.94. The van der Waals surface area contributed by atoms with Gasteiger partial charge in [-0.3, -0.25) is 4.68 Å². The number of imidazole rings is 1. The number of aromatic nitrogens is 5. The van der Waals surface area contributed by atoms with Crippen LogP contribution in [0.15, 0.2) is 24.5 Å². The van der Waals surface area contributed by atoms with Gasteiger partial charge in [-0.1, -0.05) is 13.8 Å². The van der Waals surface area contributed by atoms with Crippen LogP contribution in [0.25, 0.3) is 11.0 Å². The standard InChI is InChI=1S/C14H18N6/c1-9(2)14-17-11-6-10(15)4-5-12(11)20(14)7-13-16-8-19(3)18-13/h4-6,8-9H,7,15H2,1-3H3. The molecule has 0 aliphatic heterocycles. The molecular formula is C14H18N6. The number of benzene rings is 1. The molecule has 0 radical (unpaired) electrons. The summed E-state index contributed by atoms with van der Waals surface area (Å²) in [5.74, 6) is 2.14. The highest BCUT2D eigenvalue weighted by Gasteiger charge is 2.15. The monoisotopic (exact) mass is 270 g/mol. The molecule has 0 aliphatic rings. The van der Waals surface area contributed by atoms with E-state index in [1.165, 1.54) is 0 Å². The summed E-state index contributed by atoms with van der Waals surface area (Å²) in [4.78, 5) is 8.99. The molecule has 2 heterocycles. The van der Waals surface area contributed by atoms with Crippen molar-refractivity contribution in [2.75, 3.05) is 5.73 Å². The van der Waals surface area contributed by atoms with E-state index in [0.29, 0.717) is 12.5 Å². The lowest BCUT2D eigenvalue weighted by Gasteiger charge is -2.09. The van der Waals surface area contributed by atoms with E-state index in [1.54, 1.807) is 11.0 Å². The largest absolute Gasteiger partial charge is 0.399 e. The Morgan fingerprint density at radius 2 is 2.10 bits per heavy atom. The van der Waals surface area contributed by atoms with Crippen molar-refractivity contribution in [1.82, 2.24) is 24.3 Å². The van der Waals surface area contributed by atoms with Crippen LogP contribution in [0.5, 0.6) is 0 Å². The van der Waals surface area contributed by atoms with Crippen LogP contribution in [-0.4, -0.2) is 24.3 Å². The first kappa shape index (κ1) is 12.7. The zero-order chi connectivity index (χ0) is 14.3. The zero-order valence-corrected chi connectivity index (χ0v) is 11.9. The lowest BCUT2D eigenvalue weighted by atomic mass is 10.2. The van der Waals surface area contributed by atoms with E-state index in [9.17, 15) is 0 Å². The molecule has 2 aromatic heterocycles. The topological polar surface area (TPSA) is 74.5 Å². The van der Waals surface area contributed by atoms with E-state index < -0.39 is 0 Å². The van der Waals surface area contributed by atoms with Crippen LogP contribution in [0.3, 0.4) is 0 Å². The van der Waals surface area contributed by atoms with Gasteiger partial charge in [0, 0.05) is 18.7 Å². The number of aryl methyl sites for hydroxylation is 1. The SMILES string of the molecule is CC(C)c1nc2cc(N)ccc2n1Cc1ncn(C)n1. The van der Waals surface area contributed by atoms with Gasteiger partial charge < -0.3 is 10.3 Å². The molecule has 6 heteroatoms. The van der Waals surface area contributed by atoms with Gasteiger partial charge in [0.05, 0.1) is 17.6 Å². The number of hydrogen-bond donors (Lipinski definition) is 1. The smallest absolute Gasteiger partial charge is 0.170 e. The van der Waals surface area contributed by atoms with Gasteiger partial charge in [-0.2, -0.15) is 5.10 Å². The van der Waals surface area contributed by atoms with E-state index in [2.05, 4.69) is 28.5 Å². The number of anilines is 1. The van der Waals surface area contributed by atoms with Gasteiger partial charge >= 0.3 is 0 Å². The fraction of sp³-hybridized carbons (Fsp3) is 0.357. The molecule has 0 fully saturated rings. The van der Waals surface area contributed by atoms with Crippen molar-refractivity contribution in [3.8, 4) is 0 Å². The summed E-state index contributed by atoms with van der Waals surface area (Å²) in [6.45, 7) is 4.88. The highest BCUT2D eigenvalue weighted by atomic mass is 15.3. The molecule has 0 atom stereocenters. The second-order valence-electron chi connectivity index (χ2n) is 5.29. The lowest BCUT2D eigenvalue weighted by molar-refractivity contribution is 0.653. The van der Waals surface area contributed by atoms with Gasteiger partial charge in [0.25, 0.3) is 0 Å². The summed E-state index contributed by atoms with van der Waals surface area (Å²) < 4.78 is 3.87. The molecule has 20 heavy (non-hydrogen) atoms. The van der Waals surface area contributed by atoms with Gasteiger partial charge in [0.15, 0.2) is 5.82 Å². The van der Waals surface area contributed by atoms with Gasteiger partial charge in [-0.05, 0) is 18.2 Å². The first-order valence-corrected chi connectivity index (χ1v) is 6.65. The maximum atomic E-state index is 5.84. The number of nitrogen functional groups attached to an aromatic ring is 1. The minimum atomic E-state index is 0.326. The second-order valence-corrected chi connectivity index (χ2v) is 5.29. The Kier molecular flexibility index (Phi) is 2.93. The van der Waals surface area contributed by atoms with Crippen LogP contribution in [0.1, 0.15) is 31.4 Å². The summed E-state index contributed by atoms with van der Waals surface area (Å²) in [7, 11) is 1.87. The van der Waals surface area contributed by atoms with Gasteiger partial charge in [-0.25, -0.2) is 9.97 Å². The van der Waals surface area contributed by atoms with E-state index in [-0.39, 0.29) is 0 Å². The molecule has 0 saturated carbocycles. The molecule has 0 saturated heterocycles. The highest BCUT2D eigenvalue weighted by molar-refractivity contribution is 5.79. The predicted molar refractivity (Wildman–Crippen MR) is 78.3 cm³/mol. The minimum absolute atomic E-state index is 0.326. The van der Waals surface area contributed by atoms with Crippen LogP contribution in [0.2, 0.25) is 0 Å². The summed E-state index contributed by atoms with van der Waals surface area (Å²) >= 11 is 0. The van der Waals surface area contributed by atoms with Crippen molar-refractivity contribution >= 4 is 16.7 Å². The Balaban J connectivity index is 2.13. The maximum Gasteiger partial charge on any atom is 0.170 e. The Morgan fingerprint density at radius 3 is 2.75 bits per heavy atom. The van der Waals surface area contributed by atoms with Gasteiger partial charge in [0.2, 0.25) is 0 Å². The number of nitrogens with zero attached hydrogens (tertiary/aromatic N) is 5. The lowest BCUT2D eigenvalue weighted by Crippen LogP contribution is -2.08. The Morgan fingerprint density at radius 1 is 1.30 bits per heavy atom. The molecule has 1 aromatic carbocycles. The number of rotatable bonds is 3. The van der Waals surface area contributed by atoms with Crippen molar-refractivity contribution in [3.05, 3.63) is 36.2 Å². The number of hydrogen-bond acceptors (Lipinski definition) is 4. The van der Waals surface area contributed by atoms with Crippen molar-refractivity contribution < 1.29 is 0 Å². The molecular weight excluding hydrogens is 252 g/mol. The summed E-state index contributed by atoms with van der Waals surface area (Å²) in [6, 6.07) is 5.81. The van der Waals surface area contributed by atoms with Crippen LogP contribution in [-0.2, 0) is 13.6 Å². The minimum Gasteiger partial charge on any atom is -0.399 e. The van der Waals surface area contributed by atoms with Gasteiger partial charge in [-0.15, -0.1) is 0 Å². The molecule has 3 rings (SSSR count). The molecule has 6 nitrogen and oxygen atoms in total. The van der Waals surface area contributed by atoms with Crippen molar-refractivity contribution in [3.63, 3.8) is 0 Å². The molecule has 3 aromatic rings. The summed E-state index contributed by atoms with van der Waals surface area (Å²) in [6.07, 6.45) is 1.71. The molecule has 0 unspecified atom stereocenters. The normalized spacial score (nSPS) is 11.6. The third kappa shape index (κ3) is 2.13. The Labute approximate surface area is 117 Å². The van der Waals surface area contributed by atoms with Crippen molar-refractivity contribution in [2.45, 2.75) is 26.3 Å². The average molecular weight is 270 g/mol. The van der Waals surface area contributed by atoms with E-state index in [0.717, 1.165) is 28.4 Å². The fourth-order valence-corrected chi connectivity index (χ4v) is 2.37. The maximum absolute atomic E-state index is 5.84. The molecule has 0 spiro atoms. The van der Waals surface area contributed by atoms with E-state index in [1.807, 2.05) is 25.2 Å². The number of fused-ring (bicyclic) bond motifs is 1. The third-order valence-electron chi connectivity index (χ3n) is 3.26. The quantitative estimate of drug-likeness (QED) is 0.738. The second kappa shape index (κ2) is 4.63. The van der Waals surface area contributed by atoms with Gasteiger partial charge in [0.1, 0.15) is 12.2 Å². The molecule has 104 valence electrons. The Bertz CT molecular complexity index is 752. The fourth-order valence-electron chi connectivity index (χ4n) is 2.37. The van der Waals surface area contributed by atoms with E-state index in [4.69, 9.17) is 10.7 Å². The van der Waals surface area contributed by atoms with Crippen molar-refractivity contribution in [2.24, 2.45) is 7.05 Å². The first-order valence-electron chi connectivity index (χ1n) is 6.65. The summed E-state index contributed by atoms with van der Waals surface area (Å²) in [5, 5.41) is 4.34. The molecule has 0 aliphatic carbocycles. The van der Waals surface area contributed by atoms with Crippen LogP contribution in [0, 0.1) is 0 Å². The zero-order valence-electron chi connectivity index (χ0n) is 11.9. The number of nitrogens with two attached hydrogens (primary N) is 1. The van der Waals surface area contributed by atoms with E-state index >= 15 is 0 Å². The summed E-state index contributed by atoms with van der Waals surface area (Å²) in [5.41, 5.74) is 8.55. The molecule has 0 amide bonds. The third-order valence-corrected chi connectivity index (χ3v) is 3.26.